The van der Waals surface area contributed by atoms with Crippen molar-refractivity contribution < 1.29 is 15.0 Å². The summed E-state index contributed by atoms with van der Waals surface area (Å²) >= 11 is 0. The third-order valence-electron chi connectivity index (χ3n) is 3.21. The highest BCUT2D eigenvalue weighted by Crippen LogP contribution is 2.26. The van der Waals surface area contributed by atoms with Gasteiger partial charge in [0.2, 0.25) is 0 Å². The fourth-order valence-corrected chi connectivity index (χ4v) is 2.24. The number of aromatic carboxylic acids is 1. The fourth-order valence-electron chi connectivity index (χ4n) is 2.24. The molecule has 0 aliphatic carbocycles. The first-order valence-electron chi connectivity index (χ1n) is 6.11. The second-order valence-electron chi connectivity index (χ2n) is 4.56. The third kappa shape index (κ3) is 2.10. The standard InChI is InChI=1S/C13H13N3O3/c17-10-5-2-6-16-12(10)14-11(15-16)8-3-1-4-9(7-8)13(18)19/h1,3-4,7,10,17H,2,5-6H2,(H,18,19). The first-order chi connectivity index (χ1) is 9.15. The molecule has 2 heterocycles. The van der Waals surface area contributed by atoms with Crippen molar-refractivity contribution >= 4 is 5.97 Å². The normalized spacial score (nSPS) is 18.1. The number of hydrogen-bond acceptors (Lipinski definition) is 4. The molecule has 0 saturated carbocycles. The van der Waals surface area contributed by atoms with Crippen molar-refractivity contribution in [2.24, 2.45) is 0 Å². The zero-order chi connectivity index (χ0) is 13.4. The van der Waals surface area contributed by atoms with E-state index in [0.29, 0.717) is 23.6 Å². The van der Waals surface area contributed by atoms with E-state index in [0.717, 1.165) is 13.0 Å². The molecule has 19 heavy (non-hydrogen) atoms. The molecule has 6 nitrogen and oxygen atoms in total. The molecule has 98 valence electrons. The SMILES string of the molecule is O=C(O)c1cccc(-c2nc3n(n2)CCCC3O)c1. The summed E-state index contributed by atoms with van der Waals surface area (Å²) in [4.78, 5) is 15.3. The van der Waals surface area contributed by atoms with Crippen LogP contribution in [-0.2, 0) is 6.54 Å². The molecule has 1 aliphatic heterocycles. The van der Waals surface area contributed by atoms with Crippen molar-refractivity contribution in [2.75, 3.05) is 0 Å². The van der Waals surface area contributed by atoms with E-state index >= 15 is 0 Å². The lowest BCUT2D eigenvalue weighted by molar-refractivity contribution is 0.0697. The lowest BCUT2D eigenvalue weighted by Crippen LogP contribution is -2.16. The molecule has 0 spiro atoms. The van der Waals surface area contributed by atoms with Gasteiger partial charge in [-0.25, -0.2) is 14.5 Å². The predicted molar refractivity (Wildman–Crippen MR) is 66.6 cm³/mol. The van der Waals surface area contributed by atoms with Crippen molar-refractivity contribution in [1.29, 1.82) is 0 Å². The quantitative estimate of drug-likeness (QED) is 0.852. The van der Waals surface area contributed by atoms with Gasteiger partial charge in [-0.1, -0.05) is 12.1 Å². The smallest absolute Gasteiger partial charge is 0.335 e. The molecule has 0 fully saturated rings. The molecule has 1 unspecified atom stereocenters. The first kappa shape index (κ1) is 11.9. The van der Waals surface area contributed by atoms with Crippen molar-refractivity contribution in [1.82, 2.24) is 14.8 Å². The van der Waals surface area contributed by atoms with Crippen LogP contribution in [0.5, 0.6) is 0 Å². The Morgan fingerprint density at radius 3 is 3.00 bits per heavy atom. The maximum absolute atomic E-state index is 10.9. The van der Waals surface area contributed by atoms with Crippen molar-refractivity contribution in [3.05, 3.63) is 35.7 Å². The van der Waals surface area contributed by atoms with Gasteiger partial charge in [0.05, 0.1) is 5.56 Å². The van der Waals surface area contributed by atoms with Gasteiger partial charge in [0.25, 0.3) is 0 Å². The topological polar surface area (TPSA) is 88.2 Å². The van der Waals surface area contributed by atoms with Crippen LogP contribution in [0.1, 0.15) is 35.1 Å². The van der Waals surface area contributed by atoms with Crippen LogP contribution < -0.4 is 0 Å². The largest absolute Gasteiger partial charge is 0.478 e. The average Bonchev–Trinajstić information content (AvgIpc) is 2.84. The van der Waals surface area contributed by atoms with E-state index in [4.69, 9.17) is 5.11 Å². The number of aliphatic hydroxyl groups is 1. The van der Waals surface area contributed by atoms with Crippen LogP contribution in [0.15, 0.2) is 24.3 Å². The van der Waals surface area contributed by atoms with Crippen LogP contribution in [0.3, 0.4) is 0 Å². The molecule has 0 radical (unpaired) electrons. The first-order valence-corrected chi connectivity index (χ1v) is 6.11. The number of aliphatic hydroxyl groups excluding tert-OH is 1. The number of aryl methyl sites for hydroxylation is 1. The number of nitrogens with zero attached hydrogens (tertiary/aromatic N) is 3. The third-order valence-corrected chi connectivity index (χ3v) is 3.21. The molecule has 1 aromatic carbocycles. The van der Waals surface area contributed by atoms with Gasteiger partial charge in [-0.3, -0.25) is 0 Å². The van der Waals surface area contributed by atoms with Crippen molar-refractivity contribution in [3.63, 3.8) is 0 Å². The second kappa shape index (κ2) is 4.47. The summed E-state index contributed by atoms with van der Waals surface area (Å²) in [5, 5.41) is 23.1. The summed E-state index contributed by atoms with van der Waals surface area (Å²) in [7, 11) is 0. The minimum Gasteiger partial charge on any atom is -0.478 e. The van der Waals surface area contributed by atoms with E-state index in [1.807, 2.05) is 0 Å². The van der Waals surface area contributed by atoms with E-state index in [1.165, 1.54) is 12.1 Å². The highest BCUT2D eigenvalue weighted by atomic mass is 16.4. The molecule has 1 aliphatic rings. The van der Waals surface area contributed by atoms with Crippen LogP contribution >= 0.6 is 0 Å². The molecule has 0 bridgehead atoms. The summed E-state index contributed by atoms with van der Waals surface area (Å²) < 4.78 is 1.69. The Balaban J connectivity index is 2.03. The number of aromatic nitrogens is 3. The summed E-state index contributed by atoms with van der Waals surface area (Å²) in [6, 6.07) is 6.49. The van der Waals surface area contributed by atoms with Gasteiger partial charge in [0.15, 0.2) is 11.6 Å². The van der Waals surface area contributed by atoms with Crippen LogP contribution in [0.25, 0.3) is 11.4 Å². The van der Waals surface area contributed by atoms with Gasteiger partial charge < -0.3 is 10.2 Å². The maximum Gasteiger partial charge on any atom is 0.335 e. The van der Waals surface area contributed by atoms with Crippen LogP contribution in [0.2, 0.25) is 0 Å². The highest BCUT2D eigenvalue weighted by Gasteiger charge is 2.22. The van der Waals surface area contributed by atoms with E-state index in [2.05, 4.69) is 10.1 Å². The van der Waals surface area contributed by atoms with Gasteiger partial charge in [-0.05, 0) is 25.0 Å². The lowest BCUT2D eigenvalue weighted by atomic mass is 10.1. The molecule has 1 aromatic heterocycles. The Labute approximate surface area is 109 Å². The molecule has 1 atom stereocenters. The molecule has 2 aromatic rings. The number of benzene rings is 1. The summed E-state index contributed by atoms with van der Waals surface area (Å²) in [5.41, 5.74) is 0.847. The minimum atomic E-state index is -0.981. The second-order valence-corrected chi connectivity index (χ2v) is 4.56. The van der Waals surface area contributed by atoms with Gasteiger partial charge in [-0.15, -0.1) is 0 Å². The summed E-state index contributed by atoms with van der Waals surface area (Å²) in [6.45, 7) is 0.734. The van der Waals surface area contributed by atoms with Gasteiger partial charge >= 0.3 is 5.97 Å². The number of carbonyl (C=O) groups is 1. The zero-order valence-corrected chi connectivity index (χ0v) is 10.2. The zero-order valence-electron chi connectivity index (χ0n) is 10.2. The van der Waals surface area contributed by atoms with Gasteiger partial charge in [0, 0.05) is 12.1 Å². The predicted octanol–water partition coefficient (Wildman–Crippen LogP) is 1.47. The van der Waals surface area contributed by atoms with E-state index in [1.54, 1.807) is 16.8 Å². The number of carboxylic acids is 1. The number of rotatable bonds is 2. The molecular weight excluding hydrogens is 246 g/mol. The molecule has 0 amide bonds. The Morgan fingerprint density at radius 2 is 2.26 bits per heavy atom. The van der Waals surface area contributed by atoms with E-state index < -0.39 is 12.1 Å². The molecule has 3 rings (SSSR count). The van der Waals surface area contributed by atoms with Crippen molar-refractivity contribution in [3.8, 4) is 11.4 Å². The number of fused-ring (bicyclic) bond motifs is 1. The van der Waals surface area contributed by atoms with Crippen LogP contribution in [0, 0.1) is 0 Å². The maximum atomic E-state index is 10.9. The Bertz CT molecular complexity index is 636. The van der Waals surface area contributed by atoms with Crippen LogP contribution in [-0.4, -0.2) is 30.9 Å². The van der Waals surface area contributed by atoms with Crippen molar-refractivity contribution in [2.45, 2.75) is 25.5 Å². The molecule has 0 saturated heterocycles. The van der Waals surface area contributed by atoms with E-state index in [-0.39, 0.29) is 5.56 Å². The number of hydrogen-bond donors (Lipinski definition) is 2. The monoisotopic (exact) mass is 259 g/mol. The minimum absolute atomic E-state index is 0.200. The summed E-state index contributed by atoms with van der Waals surface area (Å²) in [5.74, 6) is 0.0342. The molecule has 6 heteroatoms. The average molecular weight is 259 g/mol. The van der Waals surface area contributed by atoms with E-state index in [9.17, 15) is 9.90 Å². The van der Waals surface area contributed by atoms with Gasteiger partial charge in [0.1, 0.15) is 6.10 Å². The molecule has 2 N–H and O–H groups in total. The fraction of sp³-hybridized carbons (Fsp3) is 0.308. The Morgan fingerprint density at radius 1 is 1.42 bits per heavy atom. The lowest BCUT2D eigenvalue weighted by Gasteiger charge is -2.16. The Hall–Kier alpha value is -2.21. The Kier molecular flexibility index (Phi) is 2.79. The van der Waals surface area contributed by atoms with Crippen LogP contribution in [0.4, 0.5) is 0 Å². The highest BCUT2D eigenvalue weighted by molar-refractivity contribution is 5.89. The molecular formula is C13H13N3O3. The summed E-state index contributed by atoms with van der Waals surface area (Å²) in [6.07, 6.45) is 0.969. The number of carboxylic acid groups (broad SMARTS) is 1. The van der Waals surface area contributed by atoms with Gasteiger partial charge in [-0.2, -0.15) is 5.10 Å².